The molecule has 8 heteroatoms. The van der Waals surface area contributed by atoms with Gasteiger partial charge < -0.3 is 14.2 Å². The van der Waals surface area contributed by atoms with Crippen molar-refractivity contribution in [3.63, 3.8) is 0 Å². The quantitative estimate of drug-likeness (QED) is 0.591. The van der Waals surface area contributed by atoms with Crippen LogP contribution >= 0.6 is 11.3 Å². The summed E-state index contributed by atoms with van der Waals surface area (Å²) in [7, 11) is 0. The second kappa shape index (κ2) is 7.78. The van der Waals surface area contributed by atoms with Crippen molar-refractivity contribution in [2.75, 3.05) is 13.1 Å². The topological polar surface area (TPSA) is 78.6 Å². The summed E-state index contributed by atoms with van der Waals surface area (Å²) in [4.78, 5) is 30.5. The third-order valence-electron chi connectivity index (χ3n) is 7.00. The maximum Gasteiger partial charge on any atom is 0.411 e. The van der Waals surface area contributed by atoms with E-state index in [2.05, 4.69) is 18.2 Å². The van der Waals surface area contributed by atoms with Crippen LogP contribution in [0.1, 0.15) is 45.2 Å². The minimum absolute atomic E-state index is 0.0308. The van der Waals surface area contributed by atoms with Crippen LogP contribution in [0.25, 0.3) is 5.69 Å². The number of thiophene rings is 1. The molecule has 2 amide bonds. The van der Waals surface area contributed by atoms with Gasteiger partial charge in [-0.25, -0.2) is 4.79 Å². The monoisotopic (exact) mass is 458 g/mol. The first-order valence-corrected chi connectivity index (χ1v) is 12.0. The molecule has 6 rings (SSSR count). The summed E-state index contributed by atoms with van der Waals surface area (Å²) in [5.74, 6) is -0.0586. The van der Waals surface area contributed by atoms with Gasteiger partial charge in [0.25, 0.3) is 5.91 Å². The predicted molar refractivity (Wildman–Crippen MR) is 122 cm³/mol. The lowest BCUT2D eigenvalue weighted by atomic mass is 9.99. The Morgan fingerprint density at radius 3 is 2.64 bits per heavy atom. The first kappa shape index (κ1) is 20.1. The summed E-state index contributed by atoms with van der Waals surface area (Å²) < 4.78 is 7.55. The van der Waals surface area contributed by atoms with Crippen molar-refractivity contribution in [3.05, 3.63) is 75.7 Å². The zero-order chi connectivity index (χ0) is 22.5. The summed E-state index contributed by atoms with van der Waals surface area (Å²) in [6, 6.07) is 14.2. The minimum atomic E-state index is -0.240. The van der Waals surface area contributed by atoms with Gasteiger partial charge in [0.2, 0.25) is 0 Å². The molecule has 3 aromatic rings. The van der Waals surface area contributed by atoms with E-state index in [1.165, 1.54) is 22.5 Å². The first-order chi connectivity index (χ1) is 16.2. The number of ether oxygens (including phenoxy) is 1. The Balaban J connectivity index is 1.20. The average Bonchev–Trinajstić information content (AvgIpc) is 3.61. The van der Waals surface area contributed by atoms with Gasteiger partial charge in [0.05, 0.1) is 17.3 Å². The normalized spacial score (nSPS) is 22.1. The lowest BCUT2D eigenvalue weighted by molar-refractivity contribution is 0.0640. The molecule has 0 bridgehead atoms. The molecule has 166 valence electrons. The van der Waals surface area contributed by atoms with Crippen LogP contribution in [0.5, 0.6) is 0 Å². The van der Waals surface area contributed by atoms with Gasteiger partial charge >= 0.3 is 6.09 Å². The number of aromatic nitrogens is 1. The summed E-state index contributed by atoms with van der Waals surface area (Å²) in [5, 5.41) is 11.3. The SMILES string of the molecule is N#Cc1csc(C(=O)N2CCC(N3C(=O)O[C@@H]4Cc5ccccc5[C@@H]43)CC2)c1-n1cccc1. The van der Waals surface area contributed by atoms with Crippen LogP contribution < -0.4 is 0 Å². The minimum Gasteiger partial charge on any atom is -0.443 e. The zero-order valence-corrected chi connectivity index (χ0v) is 18.7. The number of piperidine rings is 1. The maximum atomic E-state index is 13.4. The molecule has 0 unspecified atom stereocenters. The van der Waals surface area contributed by atoms with Gasteiger partial charge in [0, 0.05) is 43.3 Å². The highest BCUT2D eigenvalue weighted by Crippen LogP contribution is 2.44. The molecule has 2 fully saturated rings. The van der Waals surface area contributed by atoms with E-state index in [-0.39, 0.29) is 30.2 Å². The molecule has 0 saturated carbocycles. The molecular formula is C25H22N4O3S. The lowest BCUT2D eigenvalue weighted by Gasteiger charge is -2.37. The molecule has 0 radical (unpaired) electrons. The van der Waals surface area contributed by atoms with Gasteiger partial charge in [-0.3, -0.25) is 9.69 Å². The third-order valence-corrected chi connectivity index (χ3v) is 7.95. The van der Waals surface area contributed by atoms with Gasteiger partial charge in [-0.05, 0) is 36.1 Å². The zero-order valence-electron chi connectivity index (χ0n) is 17.9. The molecule has 2 aliphatic heterocycles. The molecular weight excluding hydrogens is 436 g/mol. The van der Waals surface area contributed by atoms with Gasteiger partial charge in [-0.2, -0.15) is 5.26 Å². The summed E-state index contributed by atoms with van der Waals surface area (Å²) >= 11 is 1.31. The number of hydrogen-bond donors (Lipinski definition) is 0. The third kappa shape index (κ3) is 3.15. The molecule has 0 spiro atoms. The largest absolute Gasteiger partial charge is 0.443 e. The lowest BCUT2D eigenvalue weighted by Crippen LogP contribution is -2.47. The van der Waals surface area contributed by atoms with E-state index < -0.39 is 0 Å². The Morgan fingerprint density at radius 2 is 1.88 bits per heavy atom. The molecule has 33 heavy (non-hydrogen) atoms. The van der Waals surface area contributed by atoms with Gasteiger partial charge in [-0.15, -0.1) is 11.3 Å². The second-order valence-electron chi connectivity index (χ2n) is 8.73. The van der Waals surface area contributed by atoms with Crippen molar-refractivity contribution >= 4 is 23.3 Å². The van der Waals surface area contributed by atoms with Crippen LogP contribution in [-0.4, -0.2) is 51.6 Å². The number of amides is 2. The molecule has 4 heterocycles. The van der Waals surface area contributed by atoms with Crippen LogP contribution in [0.2, 0.25) is 0 Å². The number of hydrogen-bond acceptors (Lipinski definition) is 5. The first-order valence-electron chi connectivity index (χ1n) is 11.2. The highest BCUT2D eigenvalue weighted by atomic mass is 32.1. The van der Waals surface area contributed by atoms with Crippen LogP contribution in [-0.2, 0) is 11.2 Å². The van der Waals surface area contributed by atoms with E-state index in [9.17, 15) is 14.9 Å². The van der Waals surface area contributed by atoms with Gasteiger partial charge in [-0.1, -0.05) is 24.3 Å². The molecule has 1 aromatic carbocycles. The van der Waals surface area contributed by atoms with Crippen molar-refractivity contribution in [2.24, 2.45) is 0 Å². The Bertz CT molecular complexity index is 1270. The fourth-order valence-electron chi connectivity index (χ4n) is 5.47. The molecule has 3 aliphatic rings. The van der Waals surface area contributed by atoms with Crippen molar-refractivity contribution in [2.45, 2.75) is 37.5 Å². The number of benzene rings is 1. The Morgan fingerprint density at radius 1 is 1.12 bits per heavy atom. The van der Waals surface area contributed by atoms with E-state index >= 15 is 0 Å². The number of likely N-dealkylation sites (tertiary alicyclic amines) is 1. The Kier molecular flexibility index (Phi) is 4.73. The highest BCUT2D eigenvalue weighted by Gasteiger charge is 2.50. The number of fused-ring (bicyclic) bond motifs is 3. The van der Waals surface area contributed by atoms with Gasteiger partial charge in [0.15, 0.2) is 0 Å². The maximum absolute atomic E-state index is 13.4. The van der Waals surface area contributed by atoms with Crippen molar-refractivity contribution in [1.29, 1.82) is 5.26 Å². The molecule has 2 saturated heterocycles. The molecule has 7 nitrogen and oxygen atoms in total. The molecule has 1 aliphatic carbocycles. The van der Waals surface area contributed by atoms with E-state index in [1.54, 1.807) is 5.38 Å². The van der Waals surface area contributed by atoms with Crippen LogP contribution in [0.4, 0.5) is 4.79 Å². The summed E-state index contributed by atoms with van der Waals surface area (Å²) in [6.45, 7) is 1.13. The van der Waals surface area contributed by atoms with Crippen molar-refractivity contribution in [3.8, 4) is 11.8 Å². The van der Waals surface area contributed by atoms with E-state index in [4.69, 9.17) is 4.74 Å². The van der Waals surface area contributed by atoms with Crippen LogP contribution in [0.3, 0.4) is 0 Å². The van der Waals surface area contributed by atoms with Crippen molar-refractivity contribution in [1.82, 2.24) is 14.4 Å². The van der Waals surface area contributed by atoms with Crippen LogP contribution in [0.15, 0.2) is 54.2 Å². The van der Waals surface area contributed by atoms with E-state index in [0.29, 0.717) is 42.1 Å². The van der Waals surface area contributed by atoms with E-state index in [1.807, 2.05) is 51.0 Å². The summed E-state index contributed by atoms with van der Waals surface area (Å²) in [6.07, 6.45) is 5.53. The molecule has 2 atom stereocenters. The Labute approximate surface area is 195 Å². The second-order valence-corrected chi connectivity index (χ2v) is 9.61. The molecule has 2 aromatic heterocycles. The number of carbonyl (C=O) groups is 2. The highest BCUT2D eigenvalue weighted by molar-refractivity contribution is 7.12. The standard InChI is InChI=1S/C25H22N4O3S/c26-14-17-15-33-23(21(17)27-9-3-4-10-27)24(30)28-11-7-18(8-12-28)29-22-19-6-2-1-5-16(19)13-20(22)32-25(29)31/h1-6,9-10,15,18,20,22H,7-8,11-13H2/t20-,22+/m1/s1. The van der Waals surface area contributed by atoms with E-state index in [0.717, 1.165) is 6.42 Å². The number of nitriles is 1. The van der Waals surface area contributed by atoms with Crippen molar-refractivity contribution < 1.29 is 14.3 Å². The summed E-state index contributed by atoms with van der Waals surface area (Å²) in [5.41, 5.74) is 3.58. The Hall–Kier alpha value is -3.57. The fourth-order valence-corrected chi connectivity index (χ4v) is 6.42. The predicted octanol–water partition coefficient (Wildman–Crippen LogP) is 4.13. The number of rotatable bonds is 3. The molecule has 0 N–H and O–H groups in total. The van der Waals surface area contributed by atoms with Gasteiger partial charge in [0.1, 0.15) is 17.1 Å². The smallest absolute Gasteiger partial charge is 0.411 e. The van der Waals surface area contributed by atoms with Crippen LogP contribution in [0, 0.1) is 11.3 Å². The fraction of sp³-hybridized carbons (Fsp3) is 0.320. The number of carbonyl (C=O) groups excluding carboxylic acids is 2. The average molecular weight is 459 g/mol. The number of nitrogens with zero attached hydrogens (tertiary/aromatic N) is 4.